The maximum Gasteiger partial charge on any atom is 0.251 e. The van der Waals surface area contributed by atoms with Crippen LogP contribution in [-0.4, -0.2) is 77.7 Å². The van der Waals surface area contributed by atoms with Crippen LogP contribution < -0.4 is 0 Å². The number of hydrogen-bond acceptors (Lipinski definition) is 4. The zero-order chi connectivity index (χ0) is 22.0. The smallest absolute Gasteiger partial charge is 0.251 e. The van der Waals surface area contributed by atoms with Gasteiger partial charge in [-0.3, -0.25) is 14.5 Å². The van der Waals surface area contributed by atoms with Crippen molar-refractivity contribution in [1.29, 1.82) is 5.26 Å². The summed E-state index contributed by atoms with van der Waals surface area (Å²) in [6.07, 6.45) is -0.351. The Hall–Kier alpha value is -2.53. The van der Waals surface area contributed by atoms with E-state index in [1.165, 1.54) is 0 Å². The summed E-state index contributed by atoms with van der Waals surface area (Å²) < 4.78 is 25.5. The van der Waals surface area contributed by atoms with Gasteiger partial charge in [-0.2, -0.15) is 5.26 Å². The van der Waals surface area contributed by atoms with Crippen LogP contribution in [0.5, 0.6) is 0 Å². The highest BCUT2D eigenvalue weighted by Crippen LogP contribution is 2.35. The molecule has 3 saturated heterocycles. The van der Waals surface area contributed by atoms with Crippen molar-refractivity contribution in [2.75, 3.05) is 32.7 Å². The molecule has 4 atom stereocenters. The second kappa shape index (κ2) is 9.31. The lowest BCUT2D eigenvalue weighted by Gasteiger charge is -2.36. The van der Waals surface area contributed by atoms with Crippen LogP contribution in [0.4, 0.5) is 8.78 Å². The van der Waals surface area contributed by atoms with Crippen LogP contribution in [0.3, 0.4) is 0 Å². The largest absolute Gasteiger partial charge is 0.339 e. The Morgan fingerprint density at radius 3 is 2.61 bits per heavy atom. The van der Waals surface area contributed by atoms with E-state index in [9.17, 15) is 23.6 Å². The minimum absolute atomic E-state index is 0.0294. The van der Waals surface area contributed by atoms with Crippen LogP contribution in [0, 0.1) is 17.2 Å². The van der Waals surface area contributed by atoms with E-state index in [0.717, 1.165) is 5.56 Å². The summed E-state index contributed by atoms with van der Waals surface area (Å²) in [5.74, 6) is -0.511. The van der Waals surface area contributed by atoms with E-state index in [2.05, 4.69) is 6.07 Å². The molecule has 0 aromatic heterocycles. The van der Waals surface area contributed by atoms with Crippen molar-refractivity contribution in [2.45, 2.75) is 50.1 Å². The Balaban J connectivity index is 1.45. The summed E-state index contributed by atoms with van der Waals surface area (Å²) in [6, 6.07) is 11.5. The van der Waals surface area contributed by atoms with E-state index < -0.39 is 12.5 Å². The second-order valence-corrected chi connectivity index (χ2v) is 8.77. The Bertz CT molecular complexity index is 844. The molecule has 1 aromatic carbocycles. The summed E-state index contributed by atoms with van der Waals surface area (Å²) in [4.78, 5) is 31.4. The molecule has 0 radical (unpaired) electrons. The first-order valence-corrected chi connectivity index (χ1v) is 11.0. The molecule has 1 aromatic rings. The number of nitriles is 1. The number of rotatable bonds is 4. The SMILES string of the molecule is N#C[C@H]1CN(C(=O)[C@@H]2CC[C@@H]3CCN(CC(F)F)CCC(=O)N32)C[C@@H]1c1ccccc1. The van der Waals surface area contributed by atoms with Crippen molar-refractivity contribution < 1.29 is 18.4 Å². The first-order valence-electron chi connectivity index (χ1n) is 11.0. The summed E-state index contributed by atoms with van der Waals surface area (Å²) in [6.45, 7) is 1.35. The molecule has 166 valence electrons. The van der Waals surface area contributed by atoms with E-state index >= 15 is 0 Å². The fraction of sp³-hybridized carbons (Fsp3) is 0.609. The number of hydrogen-bond donors (Lipinski definition) is 0. The van der Waals surface area contributed by atoms with Crippen molar-refractivity contribution in [3.05, 3.63) is 35.9 Å². The number of likely N-dealkylation sites (tertiary alicyclic amines) is 1. The molecular weight excluding hydrogens is 402 g/mol. The highest BCUT2D eigenvalue weighted by atomic mass is 19.3. The van der Waals surface area contributed by atoms with Gasteiger partial charge >= 0.3 is 0 Å². The molecule has 8 heteroatoms. The van der Waals surface area contributed by atoms with Gasteiger partial charge < -0.3 is 9.80 Å². The molecule has 6 nitrogen and oxygen atoms in total. The quantitative estimate of drug-likeness (QED) is 0.736. The van der Waals surface area contributed by atoms with Crippen LogP contribution in [0.1, 0.15) is 37.2 Å². The predicted molar refractivity (Wildman–Crippen MR) is 110 cm³/mol. The molecular formula is C23H28F2N4O2. The molecule has 3 aliphatic rings. The number of amides is 2. The van der Waals surface area contributed by atoms with Gasteiger partial charge in [0.15, 0.2) is 0 Å². The molecule has 31 heavy (non-hydrogen) atoms. The number of carbonyl (C=O) groups excluding carboxylic acids is 2. The fourth-order valence-electron chi connectivity index (χ4n) is 5.35. The number of benzene rings is 1. The van der Waals surface area contributed by atoms with Crippen LogP contribution in [0.2, 0.25) is 0 Å². The second-order valence-electron chi connectivity index (χ2n) is 8.77. The van der Waals surface area contributed by atoms with Gasteiger partial charge in [-0.25, -0.2) is 8.78 Å². The molecule has 0 spiro atoms. The molecule has 3 heterocycles. The Morgan fingerprint density at radius 2 is 1.90 bits per heavy atom. The summed E-state index contributed by atoms with van der Waals surface area (Å²) >= 11 is 0. The van der Waals surface area contributed by atoms with Gasteiger partial charge in [-0.1, -0.05) is 30.3 Å². The summed E-state index contributed by atoms with van der Waals surface area (Å²) in [5.41, 5.74) is 1.05. The van der Waals surface area contributed by atoms with Crippen molar-refractivity contribution in [1.82, 2.24) is 14.7 Å². The van der Waals surface area contributed by atoms with E-state index in [1.807, 2.05) is 30.3 Å². The van der Waals surface area contributed by atoms with E-state index in [-0.39, 0.29) is 42.7 Å². The third-order valence-corrected chi connectivity index (χ3v) is 6.92. The van der Waals surface area contributed by atoms with E-state index in [1.54, 1.807) is 14.7 Å². The van der Waals surface area contributed by atoms with Gasteiger partial charge in [0.1, 0.15) is 6.04 Å². The lowest BCUT2D eigenvalue weighted by Crippen LogP contribution is -2.52. The van der Waals surface area contributed by atoms with E-state index in [4.69, 9.17) is 0 Å². The monoisotopic (exact) mass is 430 g/mol. The van der Waals surface area contributed by atoms with Gasteiger partial charge in [0.05, 0.1) is 18.5 Å². The first-order chi connectivity index (χ1) is 15.0. The zero-order valence-corrected chi connectivity index (χ0v) is 17.5. The third-order valence-electron chi connectivity index (χ3n) is 6.92. The molecule has 4 rings (SSSR count). The van der Waals surface area contributed by atoms with Crippen LogP contribution in [0.15, 0.2) is 30.3 Å². The molecule has 0 unspecified atom stereocenters. The van der Waals surface area contributed by atoms with Crippen LogP contribution in [-0.2, 0) is 9.59 Å². The average molecular weight is 430 g/mol. The molecule has 3 fully saturated rings. The number of fused-ring (bicyclic) bond motifs is 1. The normalized spacial score (nSPS) is 29.5. The standard InChI is InChI=1S/C23H28F2N4O2/c24-21(25)15-27-10-8-18-6-7-20(29(18)22(30)9-11-27)23(31)28-13-17(12-26)19(14-28)16-4-2-1-3-5-16/h1-5,17-21H,6-11,13-15H2/t17-,18+,19+,20-/m0/s1. The maximum absolute atomic E-state index is 13.4. The lowest BCUT2D eigenvalue weighted by atomic mass is 9.90. The number of alkyl halides is 2. The van der Waals surface area contributed by atoms with Crippen molar-refractivity contribution >= 4 is 11.8 Å². The van der Waals surface area contributed by atoms with Crippen LogP contribution >= 0.6 is 0 Å². The Labute approximate surface area is 181 Å². The van der Waals surface area contributed by atoms with Crippen molar-refractivity contribution in [3.63, 3.8) is 0 Å². The highest BCUT2D eigenvalue weighted by molar-refractivity contribution is 5.89. The number of halogens is 2. The molecule has 0 bridgehead atoms. The summed E-state index contributed by atoms with van der Waals surface area (Å²) in [5, 5.41) is 9.64. The zero-order valence-electron chi connectivity index (χ0n) is 17.5. The molecule has 0 aliphatic carbocycles. The Kier molecular flexibility index (Phi) is 6.51. The average Bonchev–Trinajstić information content (AvgIpc) is 3.38. The molecule has 0 saturated carbocycles. The molecule has 3 aliphatic heterocycles. The van der Waals surface area contributed by atoms with Crippen molar-refractivity contribution in [3.8, 4) is 6.07 Å². The van der Waals surface area contributed by atoms with Gasteiger partial charge in [0.25, 0.3) is 6.43 Å². The van der Waals surface area contributed by atoms with Gasteiger partial charge in [-0.15, -0.1) is 0 Å². The first kappa shape index (κ1) is 21.7. The fourth-order valence-corrected chi connectivity index (χ4v) is 5.35. The predicted octanol–water partition coefficient (Wildman–Crippen LogP) is 2.47. The van der Waals surface area contributed by atoms with Gasteiger partial charge in [-0.05, 0) is 24.8 Å². The van der Waals surface area contributed by atoms with Crippen molar-refractivity contribution in [2.24, 2.45) is 5.92 Å². The summed E-state index contributed by atoms with van der Waals surface area (Å²) in [7, 11) is 0. The highest BCUT2D eigenvalue weighted by Gasteiger charge is 2.45. The number of carbonyl (C=O) groups is 2. The lowest BCUT2D eigenvalue weighted by molar-refractivity contribution is -0.146. The number of nitrogens with zero attached hydrogens (tertiary/aromatic N) is 4. The van der Waals surface area contributed by atoms with Gasteiger partial charge in [0, 0.05) is 44.6 Å². The van der Waals surface area contributed by atoms with E-state index in [0.29, 0.717) is 45.4 Å². The third kappa shape index (κ3) is 4.57. The van der Waals surface area contributed by atoms with Crippen LogP contribution in [0.25, 0.3) is 0 Å². The minimum atomic E-state index is -2.41. The molecule has 0 N–H and O–H groups in total. The minimum Gasteiger partial charge on any atom is -0.339 e. The maximum atomic E-state index is 13.4. The van der Waals surface area contributed by atoms with Gasteiger partial charge in [0.2, 0.25) is 11.8 Å². The molecule has 2 amide bonds. The Morgan fingerprint density at radius 1 is 1.13 bits per heavy atom. The topological polar surface area (TPSA) is 67.6 Å².